The van der Waals surface area contributed by atoms with Gasteiger partial charge in [0.2, 0.25) is 11.8 Å². The van der Waals surface area contributed by atoms with Crippen LogP contribution < -0.4 is 5.32 Å². The molecule has 1 aromatic rings. The number of amides is 2. The van der Waals surface area contributed by atoms with E-state index in [1.54, 1.807) is 4.90 Å². The molecule has 0 unspecified atom stereocenters. The summed E-state index contributed by atoms with van der Waals surface area (Å²) in [6, 6.07) is 9.64. The third-order valence-electron chi connectivity index (χ3n) is 3.67. The van der Waals surface area contributed by atoms with Crippen LogP contribution in [0, 0.1) is 0 Å². The van der Waals surface area contributed by atoms with Crippen molar-refractivity contribution in [3.63, 3.8) is 0 Å². The van der Waals surface area contributed by atoms with Crippen molar-refractivity contribution in [1.82, 2.24) is 10.2 Å². The molecule has 0 fully saturated rings. The van der Waals surface area contributed by atoms with E-state index in [-0.39, 0.29) is 17.4 Å². The molecule has 0 aliphatic carbocycles. The minimum Gasteiger partial charge on any atom is -0.350 e. The fourth-order valence-corrected chi connectivity index (χ4v) is 2.55. The molecule has 1 aromatic carbocycles. The number of rotatable bonds is 7. The van der Waals surface area contributed by atoms with Crippen LogP contribution in [-0.4, -0.2) is 34.8 Å². The fraction of sp³-hybridized carbons (Fsp3) is 0.579. The molecule has 1 atom stereocenters. The lowest BCUT2D eigenvalue weighted by molar-refractivity contribution is -0.141. The minimum atomic E-state index is -0.412. The van der Waals surface area contributed by atoms with Crippen LogP contribution in [0.1, 0.15) is 53.0 Å². The van der Waals surface area contributed by atoms with Gasteiger partial charge in [0.25, 0.3) is 0 Å². The molecular formula is C19H30N2O2. The monoisotopic (exact) mass is 318 g/mol. The first-order valence-electron chi connectivity index (χ1n) is 8.44. The van der Waals surface area contributed by atoms with Gasteiger partial charge in [0.15, 0.2) is 0 Å². The lowest BCUT2D eigenvalue weighted by atomic mass is 10.1. The number of benzene rings is 1. The molecular weight excluding hydrogens is 288 g/mol. The van der Waals surface area contributed by atoms with Gasteiger partial charge >= 0.3 is 0 Å². The van der Waals surface area contributed by atoms with Gasteiger partial charge in [0, 0.05) is 18.5 Å². The summed E-state index contributed by atoms with van der Waals surface area (Å²) in [4.78, 5) is 26.6. The molecule has 0 radical (unpaired) electrons. The van der Waals surface area contributed by atoms with E-state index in [0.29, 0.717) is 19.4 Å². The lowest BCUT2D eigenvalue weighted by Crippen LogP contribution is -2.54. The van der Waals surface area contributed by atoms with Gasteiger partial charge in [-0.3, -0.25) is 9.59 Å². The van der Waals surface area contributed by atoms with Crippen LogP contribution >= 0.6 is 0 Å². The fourth-order valence-electron chi connectivity index (χ4n) is 2.55. The lowest BCUT2D eigenvalue weighted by Gasteiger charge is -2.33. The van der Waals surface area contributed by atoms with Crippen LogP contribution in [0.25, 0.3) is 0 Å². The molecule has 0 aliphatic heterocycles. The molecule has 0 aliphatic rings. The largest absolute Gasteiger partial charge is 0.350 e. The van der Waals surface area contributed by atoms with E-state index < -0.39 is 6.04 Å². The quantitative estimate of drug-likeness (QED) is 0.839. The highest BCUT2D eigenvalue weighted by atomic mass is 16.2. The van der Waals surface area contributed by atoms with Gasteiger partial charge in [-0.05, 0) is 39.2 Å². The van der Waals surface area contributed by atoms with Crippen LogP contribution in [0.5, 0.6) is 0 Å². The highest BCUT2D eigenvalue weighted by Gasteiger charge is 2.29. The van der Waals surface area contributed by atoms with Crippen LogP contribution in [0.3, 0.4) is 0 Å². The summed E-state index contributed by atoms with van der Waals surface area (Å²) in [5.41, 5.74) is 0.873. The van der Waals surface area contributed by atoms with E-state index in [4.69, 9.17) is 0 Å². The molecule has 0 aromatic heterocycles. The Hall–Kier alpha value is -1.84. The van der Waals surface area contributed by atoms with Gasteiger partial charge < -0.3 is 10.2 Å². The molecule has 0 saturated heterocycles. The number of carbonyl (C=O) groups is 2. The van der Waals surface area contributed by atoms with Crippen LogP contribution in [0.2, 0.25) is 0 Å². The third kappa shape index (κ3) is 6.43. The molecule has 0 bridgehead atoms. The van der Waals surface area contributed by atoms with Gasteiger partial charge in [0.1, 0.15) is 6.04 Å². The number of hydrogen-bond acceptors (Lipinski definition) is 2. The maximum absolute atomic E-state index is 12.6. The minimum absolute atomic E-state index is 0.0249. The van der Waals surface area contributed by atoms with Crippen molar-refractivity contribution < 1.29 is 9.59 Å². The Morgan fingerprint density at radius 1 is 1.13 bits per heavy atom. The van der Waals surface area contributed by atoms with E-state index >= 15 is 0 Å². The first-order chi connectivity index (χ1) is 10.8. The second kappa shape index (κ2) is 8.70. The average Bonchev–Trinajstić information content (AvgIpc) is 2.49. The Morgan fingerprint density at radius 3 is 2.22 bits per heavy atom. The van der Waals surface area contributed by atoms with Crippen molar-refractivity contribution in [3.8, 4) is 0 Å². The summed E-state index contributed by atoms with van der Waals surface area (Å²) < 4.78 is 0. The molecule has 0 heterocycles. The normalized spacial score (nSPS) is 12.6. The van der Waals surface area contributed by atoms with E-state index in [1.807, 2.05) is 65.0 Å². The second-order valence-electron chi connectivity index (χ2n) is 6.84. The van der Waals surface area contributed by atoms with Gasteiger partial charge in [-0.25, -0.2) is 0 Å². The number of hydrogen-bond donors (Lipinski definition) is 1. The Kier molecular flexibility index (Phi) is 7.27. The number of nitrogens with zero attached hydrogens (tertiary/aromatic N) is 1. The third-order valence-corrected chi connectivity index (χ3v) is 3.67. The molecule has 23 heavy (non-hydrogen) atoms. The van der Waals surface area contributed by atoms with E-state index in [2.05, 4.69) is 5.32 Å². The standard InChI is InChI=1S/C19H30N2O2/c1-6-16(18(23)20-19(3,4)5)21(17(22)7-2)14-13-15-11-9-8-10-12-15/h8-12,16H,6-7,13-14H2,1-5H3,(H,20,23)/t16-/m1/s1. The van der Waals surface area contributed by atoms with Crippen molar-refractivity contribution in [1.29, 1.82) is 0 Å². The Morgan fingerprint density at radius 2 is 1.74 bits per heavy atom. The van der Waals surface area contributed by atoms with E-state index in [9.17, 15) is 9.59 Å². The molecule has 128 valence electrons. The predicted octanol–water partition coefficient (Wildman–Crippen LogP) is 3.16. The Balaban J connectivity index is 2.85. The molecule has 1 N–H and O–H groups in total. The molecule has 4 nitrogen and oxygen atoms in total. The van der Waals surface area contributed by atoms with E-state index in [0.717, 1.165) is 6.42 Å². The molecule has 0 saturated carbocycles. The van der Waals surface area contributed by atoms with Gasteiger partial charge in [-0.1, -0.05) is 44.2 Å². The summed E-state index contributed by atoms with van der Waals surface area (Å²) in [5, 5.41) is 2.99. The second-order valence-corrected chi connectivity index (χ2v) is 6.84. The van der Waals surface area contributed by atoms with Crippen molar-refractivity contribution in [2.75, 3.05) is 6.54 Å². The maximum Gasteiger partial charge on any atom is 0.243 e. The average molecular weight is 318 g/mol. The number of nitrogens with one attached hydrogen (secondary N) is 1. The highest BCUT2D eigenvalue weighted by Crippen LogP contribution is 2.12. The van der Waals surface area contributed by atoms with E-state index in [1.165, 1.54) is 5.56 Å². The SMILES string of the molecule is CCC(=O)N(CCc1ccccc1)[C@H](CC)C(=O)NC(C)(C)C. The van der Waals surface area contributed by atoms with Crippen molar-refractivity contribution in [2.24, 2.45) is 0 Å². The summed E-state index contributed by atoms with van der Waals surface area (Å²) in [6.45, 7) is 10.2. The Bertz CT molecular complexity index is 506. The first kappa shape index (κ1) is 19.2. The maximum atomic E-state index is 12.6. The zero-order chi connectivity index (χ0) is 17.5. The first-order valence-corrected chi connectivity index (χ1v) is 8.44. The number of carbonyl (C=O) groups excluding carboxylic acids is 2. The predicted molar refractivity (Wildman–Crippen MR) is 94.1 cm³/mol. The van der Waals surface area contributed by atoms with Crippen LogP contribution in [0.15, 0.2) is 30.3 Å². The summed E-state index contributed by atoms with van der Waals surface area (Å²) in [5.74, 6) is -0.0494. The summed E-state index contributed by atoms with van der Waals surface area (Å²) >= 11 is 0. The smallest absolute Gasteiger partial charge is 0.243 e. The summed E-state index contributed by atoms with van der Waals surface area (Å²) in [6.07, 6.45) is 1.78. The molecule has 2 amide bonds. The summed E-state index contributed by atoms with van der Waals surface area (Å²) in [7, 11) is 0. The zero-order valence-corrected chi connectivity index (χ0v) is 15.1. The van der Waals surface area contributed by atoms with Gasteiger partial charge in [0.05, 0.1) is 0 Å². The molecule has 0 spiro atoms. The van der Waals surface area contributed by atoms with Gasteiger partial charge in [-0.2, -0.15) is 0 Å². The zero-order valence-electron chi connectivity index (χ0n) is 15.1. The van der Waals surface area contributed by atoms with Gasteiger partial charge in [-0.15, -0.1) is 0 Å². The van der Waals surface area contributed by atoms with Crippen LogP contribution in [0.4, 0.5) is 0 Å². The van der Waals surface area contributed by atoms with Crippen LogP contribution in [-0.2, 0) is 16.0 Å². The molecule has 4 heteroatoms. The van der Waals surface area contributed by atoms with Crippen molar-refractivity contribution in [3.05, 3.63) is 35.9 Å². The topological polar surface area (TPSA) is 49.4 Å². The Labute approximate surface area is 140 Å². The van der Waals surface area contributed by atoms with Crippen molar-refractivity contribution >= 4 is 11.8 Å². The molecule has 1 rings (SSSR count). The van der Waals surface area contributed by atoms with Crippen molar-refractivity contribution in [2.45, 2.75) is 65.5 Å². The highest BCUT2D eigenvalue weighted by molar-refractivity contribution is 5.88.